The molecule has 2 fully saturated rings. The van der Waals surface area contributed by atoms with Crippen molar-refractivity contribution in [2.45, 2.75) is 64.8 Å². The first-order valence-electron chi connectivity index (χ1n) is 11.5. The first-order chi connectivity index (χ1) is 14.5. The molecule has 0 bridgehead atoms. The summed E-state index contributed by atoms with van der Waals surface area (Å²) in [5, 5.41) is 3.39. The van der Waals surface area contributed by atoms with Crippen LogP contribution in [0.4, 0.5) is 5.69 Å². The zero-order chi connectivity index (χ0) is 20.9. The van der Waals surface area contributed by atoms with Crippen LogP contribution in [0.3, 0.4) is 0 Å². The van der Waals surface area contributed by atoms with Gasteiger partial charge in [-0.1, -0.05) is 48.7 Å². The summed E-state index contributed by atoms with van der Waals surface area (Å²) in [7, 11) is 0. The van der Waals surface area contributed by atoms with Gasteiger partial charge in [0.1, 0.15) is 0 Å². The lowest BCUT2D eigenvalue weighted by molar-refractivity contribution is -0.0112. The Hall–Kier alpha value is -1.62. The van der Waals surface area contributed by atoms with E-state index < -0.39 is 0 Å². The summed E-state index contributed by atoms with van der Waals surface area (Å²) >= 11 is 1.61. The SMILES string of the molecule is CSNc1cncc(C2=CCC3C4CC=C5CC(N=O)CCC5(C)[C@H]4CCC23C)c1. The molecule has 0 saturated heterocycles. The molecule has 6 atom stereocenters. The van der Waals surface area contributed by atoms with Crippen molar-refractivity contribution in [3.8, 4) is 0 Å². The van der Waals surface area contributed by atoms with Crippen LogP contribution in [0.25, 0.3) is 5.57 Å². The van der Waals surface area contributed by atoms with Crippen molar-refractivity contribution in [3.63, 3.8) is 0 Å². The summed E-state index contributed by atoms with van der Waals surface area (Å²) in [6, 6.07) is 2.27. The third kappa shape index (κ3) is 2.99. The average Bonchev–Trinajstić information content (AvgIpc) is 3.11. The molecule has 5 heteroatoms. The molecule has 4 aliphatic rings. The first kappa shape index (κ1) is 20.3. The molecule has 5 unspecified atom stereocenters. The molecule has 2 saturated carbocycles. The van der Waals surface area contributed by atoms with Crippen molar-refractivity contribution in [2.24, 2.45) is 33.8 Å². The van der Waals surface area contributed by atoms with Crippen LogP contribution in [0.5, 0.6) is 0 Å². The molecule has 0 aromatic carbocycles. The second kappa shape index (κ2) is 7.51. The second-order valence-electron chi connectivity index (χ2n) is 10.3. The summed E-state index contributed by atoms with van der Waals surface area (Å²) in [4.78, 5) is 15.7. The van der Waals surface area contributed by atoms with Crippen molar-refractivity contribution in [2.75, 3.05) is 11.0 Å². The van der Waals surface area contributed by atoms with Crippen LogP contribution in [0.1, 0.15) is 64.4 Å². The van der Waals surface area contributed by atoms with Crippen molar-refractivity contribution in [1.29, 1.82) is 0 Å². The Morgan fingerprint density at radius 2 is 1.93 bits per heavy atom. The fourth-order valence-corrected chi connectivity index (χ4v) is 7.85. The Morgan fingerprint density at radius 3 is 2.73 bits per heavy atom. The minimum atomic E-state index is 0.00384. The number of aromatic nitrogens is 1. The molecule has 0 spiro atoms. The molecule has 4 nitrogen and oxygen atoms in total. The van der Waals surface area contributed by atoms with E-state index in [1.165, 1.54) is 42.4 Å². The smallest absolute Gasteiger partial charge is 0.0957 e. The van der Waals surface area contributed by atoms with Gasteiger partial charge < -0.3 is 4.72 Å². The molecule has 0 amide bonds. The van der Waals surface area contributed by atoms with E-state index in [0.717, 1.165) is 36.8 Å². The Labute approximate surface area is 184 Å². The van der Waals surface area contributed by atoms with Crippen molar-refractivity contribution in [1.82, 2.24) is 4.98 Å². The highest BCUT2D eigenvalue weighted by Gasteiger charge is 2.56. The van der Waals surface area contributed by atoms with Gasteiger partial charge in [-0.25, -0.2) is 0 Å². The zero-order valence-electron chi connectivity index (χ0n) is 18.4. The van der Waals surface area contributed by atoms with E-state index in [0.29, 0.717) is 5.92 Å². The number of nitroso groups, excluding NO2 is 1. The fraction of sp³-hybridized carbons (Fsp3) is 0.640. The lowest BCUT2D eigenvalue weighted by atomic mass is 9.47. The lowest BCUT2D eigenvalue weighted by Crippen LogP contribution is -2.49. The molecular weight excluding hydrogens is 390 g/mol. The maximum absolute atomic E-state index is 11.2. The second-order valence-corrected chi connectivity index (χ2v) is 11.0. The number of rotatable bonds is 4. The van der Waals surface area contributed by atoms with Crippen LogP contribution >= 0.6 is 11.9 Å². The van der Waals surface area contributed by atoms with Gasteiger partial charge in [-0.05, 0) is 90.7 Å². The molecule has 1 N–H and O–H groups in total. The van der Waals surface area contributed by atoms with Crippen LogP contribution in [0, 0.1) is 33.5 Å². The van der Waals surface area contributed by atoms with Gasteiger partial charge in [-0.15, -0.1) is 0 Å². The quantitative estimate of drug-likeness (QED) is 0.326. The van der Waals surface area contributed by atoms with Gasteiger partial charge >= 0.3 is 0 Å². The summed E-state index contributed by atoms with van der Waals surface area (Å²) < 4.78 is 3.33. The van der Waals surface area contributed by atoms with Crippen LogP contribution in [0.2, 0.25) is 0 Å². The largest absolute Gasteiger partial charge is 0.329 e. The van der Waals surface area contributed by atoms with Crippen molar-refractivity contribution in [3.05, 3.63) is 46.7 Å². The van der Waals surface area contributed by atoms with Gasteiger partial charge in [0.2, 0.25) is 0 Å². The predicted octanol–water partition coefficient (Wildman–Crippen LogP) is 6.86. The third-order valence-corrected chi connectivity index (χ3v) is 9.52. The van der Waals surface area contributed by atoms with E-state index in [2.05, 4.69) is 46.9 Å². The number of hydrogen-bond acceptors (Lipinski definition) is 5. The number of allylic oxidation sites excluding steroid dienone is 3. The van der Waals surface area contributed by atoms with Crippen LogP contribution in [-0.4, -0.2) is 17.3 Å². The Bertz CT molecular complexity index is 911. The molecule has 5 rings (SSSR count). The monoisotopic (exact) mass is 423 g/mol. The highest BCUT2D eigenvalue weighted by Crippen LogP contribution is 2.66. The molecule has 0 radical (unpaired) electrons. The van der Waals surface area contributed by atoms with Gasteiger partial charge in [-0.3, -0.25) is 4.98 Å². The fourth-order valence-electron chi connectivity index (χ4n) is 7.51. The summed E-state index contributed by atoms with van der Waals surface area (Å²) in [5.74, 6) is 2.20. The highest BCUT2D eigenvalue weighted by atomic mass is 32.2. The molecular formula is C25H33N3OS. The van der Waals surface area contributed by atoms with Crippen LogP contribution < -0.4 is 4.72 Å². The normalized spacial score (nSPS) is 39.8. The Balaban J connectivity index is 1.43. The standard InChI is InChI=1S/C25H33N3OS/c1-24-10-8-18(27-29)13-17(24)4-5-20-22-7-6-21(25(22,2)11-9-23(20)24)16-12-19(28-30-3)15-26-14-16/h4,6,12,14-15,18,20,22-23,28H,5,7-11,13H2,1-3H3/t18?,20?,22?,23-,24?,25?/m0/s1. The number of nitrogens with one attached hydrogen (secondary N) is 1. The Kier molecular flexibility index (Phi) is 5.08. The van der Waals surface area contributed by atoms with E-state index in [-0.39, 0.29) is 16.9 Å². The maximum atomic E-state index is 11.2. The molecule has 0 aliphatic heterocycles. The minimum absolute atomic E-state index is 0.00384. The van der Waals surface area contributed by atoms with Gasteiger partial charge in [0.25, 0.3) is 0 Å². The molecule has 1 aromatic rings. The summed E-state index contributed by atoms with van der Waals surface area (Å²) in [6.07, 6.45) is 18.9. The molecule has 1 heterocycles. The molecule has 30 heavy (non-hydrogen) atoms. The Morgan fingerprint density at radius 1 is 1.10 bits per heavy atom. The number of hydrogen-bond donors (Lipinski definition) is 1. The summed E-state index contributed by atoms with van der Waals surface area (Å²) in [5.41, 5.74) is 5.93. The topological polar surface area (TPSA) is 54.4 Å². The number of nitrogens with zero attached hydrogens (tertiary/aromatic N) is 2. The van der Waals surface area contributed by atoms with Gasteiger partial charge in [0.15, 0.2) is 0 Å². The number of pyridine rings is 1. The van der Waals surface area contributed by atoms with Crippen molar-refractivity contribution < 1.29 is 0 Å². The van der Waals surface area contributed by atoms with E-state index in [1.807, 2.05) is 18.6 Å². The average molecular weight is 424 g/mol. The number of anilines is 1. The third-order valence-electron chi connectivity index (χ3n) is 9.08. The minimum Gasteiger partial charge on any atom is -0.329 e. The number of fused-ring (bicyclic) bond motifs is 5. The van der Waals surface area contributed by atoms with Gasteiger partial charge in [0, 0.05) is 12.5 Å². The van der Waals surface area contributed by atoms with E-state index in [9.17, 15) is 4.91 Å². The molecule has 160 valence electrons. The van der Waals surface area contributed by atoms with Gasteiger partial charge in [-0.2, -0.15) is 4.91 Å². The van der Waals surface area contributed by atoms with Crippen LogP contribution in [-0.2, 0) is 0 Å². The zero-order valence-corrected chi connectivity index (χ0v) is 19.2. The van der Waals surface area contributed by atoms with Crippen LogP contribution in [0.15, 0.2) is 41.4 Å². The van der Waals surface area contributed by atoms with Crippen molar-refractivity contribution >= 4 is 23.2 Å². The van der Waals surface area contributed by atoms with E-state index in [1.54, 1.807) is 11.9 Å². The lowest BCUT2D eigenvalue weighted by Gasteiger charge is -2.57. The molecule has 1 aromatic heterocycles. The maximum Gasteiger partial charge on any atom is 0.0957 e. The first-order valence-corrected chi connectivity index (χ1v) is 12.7. The highest BCUT2D eigenvalue weighted by molar-refractivity contribution is 7.99. The summed E-state index contributed by atoms with van der Waals surface area (Å²) in [6.45, 7) is 5.00. The van der Waals surface area contributed by atoms with E-state index >= 15 is 0 Å². The van der Waals surface area contributed by atoms with Gasteiger partial charge in [0.05, 0.1) is 17.9 Å². The van der Waals surface area contributed by atoms with E-state index in [4.69, 9.17) is 0 Å². The predicted molar refractivity (Wildman–Crippen MR) is 126 cm³/mol. The molecule has 4 aliphatic carbocycles.